The third-order valence-corrected chi connectivity index (χ3v) is 5.48. The summed E-state index contributed by atoms with van der Waals surface area (Å²) in [6.07, 6.45) is 4.78. The zero-order valence-corrected chi connectivity index (χ0v) is 13.8. The minimum absolute atomic E-state index is 0.0220. The van der Waals surface area contributed by atoms with Gasteiger partial charge in [-0.05, 0) is 58.2 Å². The monoisotopic (exact) mass is 270 g/mol. The minimum atomic E-state index is -0.0220. The topological polar surface area (TPSA) is 35.5 Å². The van der Waals surface area contributed by atoms with Gasteiger partial charge in [-0.2, -0.15) is 0 Å². The van der Waals surface area contributed by atoms with Crippen molar-refractivity contribution in [2.24, 2.45) is 11.3 Å². The predicted molar refractivity (Wildman–Crippen MR) is 82.4 cm³/mol. The molecule has 0 aromatic rings. The van der Waals surface area contributed by atoms with Crippen LogP contribution in [0.3, 0.4) is 0 Å². The second-order valence-corrected chi connectivity index (χ2v) is 7.46. The molecule has 0 heterocycles. The number of rotatable bonds is 6. The van der Waals surface area contributed by atoms with Crippen molar-refractivity contribution in [3.63, 3.8) is 0 Å². The fraction of sp³-hybridized carbons (Fsp3) is 1.00. The first-order valence-corrected chi connectivity index (χ1v) is 7.77. The summed E-state index contributed by atoms with van der Waals surface area (Å²) in [5.74, 6) is 0.608. The number of nitrogens with zero attached hydrogens (tertiary/aromatic N) is 1. The molecular weight excluding hydrogens is 236 g/mol. The highest BCUT2D eigenvalue weighted by Gasteiger charge is 2.40. The van der Waals surface area contributed by atoms with E-state index in [4.69, 9.17) is 0 Å². The predicted octanol–water partition coefficient (Wildman–Crippen LogP) is 2.49. The van der Waals surface area contributed by atoms with Gasteiger partial charge >= 0.3 is 0 Å². The Labute approximate surface area is 119 Å². The van der Waals surface area contributed by atoms with Gasteiger partial charge in [0.15, 0.2) is 0 Å². The van der Waals surface area contributed by atoms with E-state index in [-0.39, 0.29) is 12.1 Å². The third-order valence-electron chi connectivity index (χ3n) is 5.48. The maximum Gasteiger partial charge on any atom is 0.0615 e. The number of likely N-dealkylation sites (N-methyl/N-ethyl adjacent to an activating group) is 1. The molecule has 0 aromatic heterocycles. The van der Waals surface area contributed by atoms with Gasteiger partial charge in [0.25, 0.3) is 0 Å². The Morgan fingerprint density at radius 1 is 1.42 bits per heavy atom. The molecule has 2 N–H and O–H groups in total. The molecule has 1 aliphatic carbocycles. The van der Waals surface area contributed by atoms with E-state index >= 15 is 0 Å². The van der Waals surface area contributed by atoms with Gasteiger partial charge in [-0.25, -0.2) is 0 Å². The number of nitrogens with one attached hydrogen (secondary N) is 1. The average Bonchev–Trinajstić information content (AvgIpc) is 2.77. The Morgan fingerprint density at radius 3 is 2.53 bits per heavy atom. The van der Waals surface area contributed by atoms with E-state index in [1.165, 1.54) is 19.3 Å². The molecule has 0 radical (unpaired) electrons. The molecule has 3 nitrogen and oxygen atoms in total. The van der Waals surface area contributed by atoms with Crippen LogP contribution in [0.25, 0.3) is 0 Å². The molecule has 3 atom stereocenters. The number of aliphatic hydroxyl groups is 1. The lowest BCUT2D eigenvalue weighted by atomic mass is 9.84. The standard InChI is InChI=1S/C16H34N2O/c1-13(15(2,3)4)18(6)11-9-14-8-7-10-16(14,12-19)17-5/h13-14,17,19H,7-12H2,1-6H3. The number of aliphatic hydroxyl groups excluding tert-OH is 1. The Kier molecular flexibility index (Phi) is 5.84. The first-order valence-electron chi connectivity index (χ1n) is 7.77. The first-order chi connectivity index (χ1) is 8.77. The van der Waals surface area contributed by atoms with Crippen LogP contribution in [0.15, 0.2) is 0 Å². The summed E-state index contributed by atoms with van der Waals surface area (Å²) >= 11 is 0. The molecule has 0 amide bonds. The minimum Gasteiger partial charge on any atom is -0.394 e. The molecule has 3 heteroatoms. The van der Waals surface area contributed by atoms with Crippen LogP contribution < -0.4 is 5.32 Å². The van der Waals surface area contributed by atoms with Crippen LogP contribution in [0.1, 0.15) is 53.4 Å². The lowest BCUT2D eigenvalue weighted by Gasteiger charge is -2.38. The summed E-state index contributed by atoms with van der Waals surface area (Å²) in [4.78, 5) is 2.47. The van der Waals surface area contributed by atoms with Crippen LogP contribution in [0, 0.1) is 11.3 Å². The first kappa shape index (κ1) is 16.9. The molecule has 1 fully saturated rings. The Morgan fingerprint density at radius 2 is 2.05 bits per heavy atom. The normalized spacial score (nSPS) is 30.0. The lowest BCUT2D eigenvalue weighted by molar-refractivity contribution is 0.0995. The zero-order chi connectivity index (χ0) is 14.7. The van der Waals surface area contributed by atoms with Crippen molar-refractivity contribution >= 4 is 0 Å². The quantitative estimate of drug-likeness (QED) is 0.778. The molecule has 3 unspecified atom stereocenters. The van der Waals surface area contributed by atoms with Crippen molar-refractivity contribution in [3.05, 3.63) is 0 Å². The summed E-state index contributed by atoms with van der Waals surface area (Å²) < 4.78 is 0. The Hall–Kier alpha value is -0.120. The van der Waals surface area contributed by atoms with Crippen molar-refractivity contribution < 1.29 is 5.11 Å². The van der Waals surface area contributed by atoms with Crippen LogP contribution in [-0.2, 0) is 0 Å². The van der Waals surface area contributed by atoms with Crippen LogP contribution in [0.4, 0.5) is 0 Å². The Balaban J connectivity index is 2.52. The number of hydrogen-bond donors (Lipinski definition) is 2. The van der Waals surface area contributed by atoms with Crippen molar-refractivity contribution in [1.29, 1.82) is 0 Å². The van der Waals surface area contributed by atoms with Gasteiger partial charge in [0, 0.05) is 11.6 Å². The molecule has 1 rings (SSSR count). The van der Waals surface area contributed by atoms with Crippen LogP contribution >= 0.6 is 0 Å². The van der Waals surface area contributed by atoms with Crippen molar-refractivity contribution in [2.75, 3.05) is 27.2 Å². The molecule has 114 valence electrons. The van der Waals surface area contributed by atoms with E-state index < -0.39 is 0 Å². The smallest absolute Gasteiger partial charge is 0.0615 e. The average molecular weight is 270 g/mol. The molecule has 1 aliphatic rings. The maximum atomic E-state index is 9.71. The summed E-state index contributed by atoms with van der Waals surface area (Å²) in [7, 11) is 4.22. The van der Waals surface area contributed by atoms with Crippen LogP contribution in [0.5, 0.6) is 0 Å². The van der Waals surface area contributed by atoms with E-state index in [2.05, 4.69) is 45.0 Å². The molecule has 0 aromatic carbocycles. The second-order valence-electron chi connectivity index (χ2n) is 7.46. The van der Waals surface area contributed by atoms with Crippen molar-refractivity contribution in [1.82, 2.24) is 10.2 Å². The maximum absolute atomic E-state index is 9.71. The summed E-state index contributed by atoms with van der Waals surface area (Å²) in [5.41, 5.74) is 0.299. The molecule has 0 aliphatic heterocycles. The highest BCUT2D eigenvalue weighted by atomic mass is 16.3. The summed E-state index contributed by atoms with van der Waals surface area (Å²) in [5, 5.41) is 13.1. The fourth-order valence-corrected chi connectivity index (χ4v) is 3.40. The Bertz CT molecular complexity index is 268. The number of hydrogen-bond acceptors (Lipinski definition) is 3. The van der Waals surface area contributed by atoms with E-state index in [1.54, 1.807) is 0 Å². The molecule has 19 heavy (non-hydrogen) atoms. The van der Waals surface area contributed by atoms with Gasteiger partial charge in [-0.1, -0.05) is 27.2 Å². The molecular formula is C16H34N2O. The van der Waals surface area contributed by atoms with Gasteiger partial charge < -0.3 is 15.3 Å². The van der Waals surface area contributed by atoms with Crippen molar-refractivity contribution in [3.8, 4) is 0 Å². The zero-order valence-electron chi connectivity index (χ0n) is 13.8. The van der Waals surface area contributed by atoms with Gasteiger partial charge in [0.05, 0.1) is 6.61 Å². The SMILES string of the molecule is CNC1(CO)CCCC1CCN(C)C(C)C(C)(C)C. The fourth-order valence-electron chi connectivity index (χ4n) is 3.40. The molecule has 1 saturated carbocycles. The van der Waals surface area contributed by atoms with Crippen LogP contribution in [0.2, 0.25) is 0 Å². The van der Waals surface area contributed by atoms with E-state index in [1.807, 2.05) is 7.05 Å². The lowest BCUT2D eigenvalue weighted by Crippen LogP contribution is -2.50. The largest absolute Gasteiger partial charge is 0.394 e. The highest BCUT2D eigenvalue weighted by molar-refractivity contribution is 4.98. The summed E-state index contributed by atoms with van der Waals surface area (Å²) in [6.45, 7) is 10.6. The van der Waals surface area contributed by atoms with Gasteiger partial charge in [-0.3, -0.25) is 0 Å². The molecule has 0 bridgehead atoms. The van der Waals surface area contributed by atoms with Gasteiger partial charge in [0.1, 0.15) is 0 Å². The molecule has 0 spiro atoms. The third kappa shape index (κ3) is 3.93. The molecule has 0 saturated heterocycles. The van der Waals surface area contributed by atoms with E-state index in [9.17, 15) is 5.11 Å². The second kappa shape index (κ2) is 6.55. The summed E-state index contributed by atoms with van der Waals surface area (Å²) in [6, 6.07) is 0.576. The van der Waals surface area contributed by atoms with E-state index in [0.29, 0.717) is 17.4 Å². The van der Waals surface area contributed by atoms with Crippen LogP contribution in [-0.4, -0.2) is 48.8 Å². The van der Waals surface area contributed by atoms with Crippen molar-refractivity contribution in [2.45, 2.75) is 65.0 Å². The van der Waals surface area contributed by atoms with E-state index in [0.717, 1.165) is 13.0 Å². The van der Waals surface area contributed by atoms with Gasteiger partial charge in [0.2, 0.25) is 0 Å². The highest BCUT2D eigenvalue weighted by Crippen LogP contribution is 2.37. The van der Waals surface area contributed by atoms with Gasteiger partial charge in [-0.15, -0.1) is 0 Å².